The van der Waals surface area contributed by atoms with Crippen LogP contribution in [-0.4, -0.2) is 65.6 Å². The zero-order chi connectivity index (χ0) is 21.9. The first-order valence-corrected chi connectivity index (χ1v) is 10.8. The molecule has 0 amide bonds. The number of aliphatic hydroxyl groups is 1. The minimum atomic E-state index is -0.648. The Hall–Kier alpha value is -2.90. The number of aliphatic hydroxyl groups excluding tert-OH is 1. The molecule has 1 unspecified atom stereocenters. The highest BCUT2D eigenvalue weighted by Crippen LogP contribution is 2.27. The molecule has 3 aromatic rings. The third kappa shape index (κ3) is 6.80. The highest BCUT2D eigenvalue weighted by Gasteiger charge is 2.15. The van der Waals surface area contributed by atoms with Gasteiger partial charge in [0.05, 0.1) is 29.9 Å². The molecule has 1 atom stereocenters. The number of hydrogen-bond acceptors (Lipinski definition) is 8. The Morgan fingerprint density at radius 2 is 2.06 bits per heavy atom. The van der Waals surface area contributed by atoms with Crippen molar-refractivity contribution in [1.82, 2.24) is 14.8 Å². The van der Waals surface area contributed by atoms with Gasteiger partial charge in [0.15, 0.2) is 5.82 Å². The molecular weight excluding hydrogens is 416 g/mol. The highest BCUT2D eigenvalue weighted by atomic mass is 32.1. The van der Waals surface area contributed by atoms with Crippen molar-refractivity contribution in [2.75, 3.05) is 44.9 Å². The Morgan fingerprint density at radius 3 is 2.77 bits per heavy atom. The van der Waals surface area contributed by atoms with Crippen LogP contribution in [0.3, 0.4) is 0 Å². The number of nitrogens with one attached hydrogen (secondary N) is 1. The van der Waals surface area contributed by atoms with Crippen LogP contribution in [0.2, 0.25) is 0 Å². The summed E-state index contributed by atoms with van der Waals surface area (Å²) in [5, 5.41) is 19.6. The van der Waals surface area contributed by atoms with E-state index < -0.39 is 6.10 Å². The standard InChI is InChI=1S/C22H26N4O4S/c1-3-11-29-16-19(27)15-23-17-7-9-18(10-8-17)26-21(20-6-5-14-31-20)24-22(25-26)30-13-12-28-4-2/h1,5-10,14,19,23,27H,4,11-13,15-16H2,2H3. The molecule has 164 valence electrons. The lowest BCUT2D eigenvalue weighted by molar-refractivity contribution is 0.0588. The number of nitrogens with zero attached hydrogens (tertiary/aromatic N) is 3. The monoisotopic (exact) mass is 442 g/mol. The Balaban J connectivity index is 1.68. The van der Waals surface area contributed by atoms with Crippen LogP contribution in [0, 0.1) is 12.3 Å². The molecule has 2 N–H and O–H groups in total. The molecule has 0 saturated heterocycles. The molecule has 0 saturated carbocycles. The van der Waals surface area contributed by atoms with Crippen LogP contribution in [0.1, 0.15) is 6.92 Å². The second-order valence-corrected chi connectivity index (χ2v) is 7.40. The first-order chi connectivity index (χ1) is 15.2. The van der Waals surface area contributed by atoms with Crippen LogP contribution >= 0.6 is 11.3 Å². The molecule has 0 radical (unpaired) electrons. The van der Waals surface area contributed by atoms with E-state index in [-0.39, 0.29) is 13.2 Å². The maximum absolute atomic E-state index is 9.92. The molecule has 2 heterocycles. The third-order valence-electron chi connectivity index (χ3n) is 4.14. The Morgan fingerprint density at radius 1 is 1.23 bits per heavy atom. The lowest BCUT2D eigenvalue weighted by atomic mass is 10.2. The van der Waals surface area contributed by atoms with E-state index in [1.807, 2.05) is 48.7 Å². The largest absolute Gasteiger partial charge is 0.460 e. The molecule has 2 aromatic heterocycles. The van der Waals surface area contributed by atoms with Crippen molar-refractivity contribution in [2.24, 2.45) is 0 Å². The fourth-order valence-electron chi connectivity index (χ4n) is 2.70. The van der Waals surface area contributed by atoms with Gasteiger partial charge in [-0.25, -0.2) is 4.68 Å². The van der Waals surface area contributed by atoms with Crippen molar-refractivity contribution < 1.29 is 19.3 Å². The third-order valence-corrected chi connectivity index (χ3v) is 5.01. The van der Waals surface area contributed by atoms with Gasteiger partial charge in [0, 0.05) is 18.8 Å². The summed E-state index contributed by atoms with van der Waals surface area (Å²) in [6.45, 7) is 4.18. The smallest absolute Gasteiger partial charge is 0.336 e. The SMILES string of the molecule is C#CCOCC(O)CNc1ccc(-n2nc(OCCOCC)nc2-c2cccs2)cc1. The van der Waals surface area contributed by atoms with E-state index in [2.05, 4.69) is 21.3 Å². The zero-order valence-corrected chi connectivity index (χ0v) is 18.2. The second kappa shape index (κ2) is 12.1. The Bertz CT molecular complexity index is 951. The van der Waals surface area contributed by atoms with E-state index in [0.717, 1.165) is 16.3 Å². The van der Waals surface area contributed by atoms with Crippen molar-refractivity contribution in [1.29, 1.82) is 0 Å². The summed E-state index contributed by atoms with van der Waals surface area (Å²) in [4.78, 5) is 5.54. The summed E-state index contributed by atoms with van der Waals surface area (Å²) in [6.07, 6.45) is 4.48. The summed E-state index contributed by atoms with van der Waals surface area (Å²) in [7, 11) is 0. The van der Waals surface area contributed by atoms with Crippen LogP contribution in [-0.2, 0) is 9.47 Å². The molecule has 3 rings (SSSR count). The Kier molecular flexibility index (Phi) is 8.87. The molecule has 1 aromatic carbocycles. The maximum atomic E-state index is 9.92. The van der Waals surface area contributed by atoms with E-state index in [4.69, 9.17) is 20.6 Å². The molecule has 0 aliphatic heterocycles. The molecule has 0 aliphatic rings. The lowest BCUT2D eigenvalue weighted by Gasteiger charge is -2.13. The molecular formula is C22H26N4O4S. The topological polar surface area (TPSA) is 90.7 Å². The fourth-order valence-corrected chi connectivity index (χ4v) is 3.40. The number of anilines is 1. The number of hydrogen-bond donors (Lipinski definition) is 2. The van der Waals surface area contributed by atoms with Crippen molar-refractivity contribution in [2.45, 2.75) is 13.0 Å². The van der Waals surface area contributed by atoms with E-state index in [0.29, 0.717) is 38.2 Å². The lowest BCUT2D eigenvalue weighted by Crippen LogP contribution is -2.24. The van der Waals surface area contributed by atoms with Crippen molar-refractivity contribution in [3.8, 4) is 34.7 Å². The van der Waals surface area contributed by atoms with Crippen LogP contribution in [0.25, 0.3) is 16.4 Å². The van der Waals surface area contributed by atoms with Gasteiger partial charge >= 0.3 is 6.01 Å². The van der Waals surface area contributed by atoms with Gasteiger partial charge in [-0.2, -0.15) is 4.98 Å². The molecule has 8 nitrogen and oxygen atoms in total. The van der Waals surface area contributed by atoms with Crippen molar-refractivity contribution in [3.63, 3.8) is 0 Å². The molecule has 9 heteroatoms. The first-order valence-electron chi connectivity index (χ1n) is 9.96. The molecule has 31 heavy (non-hydrogen) atoms. The number of aromatic nitrogens is 3. The number of ether oxygens (including phenoxy) is 3. The zero-order valence-electron chi connectivity index (χ0n) is 17.4. The molecule has 0 fully saturated rings. The quantitative estimate of drug-likeness (QED) is 0.311. The average molecular weight is 443 g/mol. The van der Waals surface area contributed by atoms with Crippen molar-refractivity contribution in [3.05, 3.63) is 41.8 Å². The average Bonchev–Trinajstić information content (AvgIpc) is 3.46. The normalized spacial score (nSPS) is 11.8. The molecule has 0 aliphatic carbocycles. The van der Waals surface area contributed by atoms with Gasteiger partial charge in [-0.15, -0.1) is 22.9 Å². The van der Waals surface area contributed by atoms with E-state index in [1.165, 1.54) is 0 Å². The highest BCUT2D eigenvalue weighted by molar-refractivity contribution is 7.13. The van der Waals surface area contributed by atoms with Gasteiger partial charge < -0.3 is 24.6 Å². The van der Waals surface area contributed by atoms with Gasteiger partial charge in [-0.3, -0.25) is 0 Å². The van der Waals surface area contributed by atoms with E-state index in [9.17, 15) is 5.11 Å². The summed E-state index contributed by atoms with van der Waals surface area (Å²) in [6, 6.07) is 12.0. The summed E-state index contributed by atoms with van der Waals surface area (Å²) >= 11 is 1.58. The Labute approximate surface area is 185 Å². The minimum absolute atomic E-state index is 0.185. The van der Waals surface area contributed by atoms with Gasteiger partial charge in [-0.1, -0.05) is 12.0 Å². The maximum Gasteiger partial charge on any atom is 0.336 e. The van der Waals surface area contributed by atoms with Gasteiger partial charge in [-0.05, 0) is 42.6 Å². The van der Waals surface area contributed by atoms with Gasteiger partial charge in [0.2, 0.25) is 0 Å². The summed E-state index contributed by atoms with van der Waals surface area (Å²) in [5.41, 5.74) is 1.71. The summed E-state index contributed by atoms with van der Waals surface area (Å²) in [5.74, 6) is 3.08. The predicted molar refractivity (Wildman–Crippen MR) is 121 cm³/mol. The van der Waals surface area contributed by atoms with Crippen LogP contribution in [0.15, 0.2) is 41.8 Å². The number of thiophene rings is 1. The number of terminal acetylenes is 1. The fraction of sp³-hybridized carbons (Fsp3) is 0.364. The summed E-state index contributed by atoms with van der Waals surface area (Å²) < 4.78 is 17.9. The number of rotatable bonds is 13. The van der Waals surface area contributed by atoms with Crippen LogP contribution in [0.5, 0.6) is 6.01 Å². The second-order valence-electron chi connectivity index (χ2n) is 6.45. The molecule has 0 bridgehead atoms. The molecule has 0 spiro atoms. The van der Waals surface area contributed by atoms with Gasteiger partial charge in [0.1, 0.15) is 13.2 Å². The van der Waals surface area contributed by atoms with Gasteiger partial charge in [0.25, 0.3) is 0 Å². The van der Waals surface area contributed by atoms with Crippen LogP contribution < -0.4 is 10.1 Å². The number of benzene rings is 1. The van der Waals surface area contributed by atoms with Crippen LogP contribution in [0.4, 0.5) is 5.69 Å². The van der Waals surface area contributed by atoms with E-state index >= 15 is 0 Å². The van der Waals surface area contributed by atoms with E-state index in [1.54, 1.807) is 16.0 Å². The minimum Gasteiger partial charge on any atom is -0.460 e. The first kappa shape index (κ1) is 22.8. The predicted octanol–water partition coefficient (Wildman–Crippen LogP) is 2.83. The van der Waals surface area contributed by atoms with Crippen molar-refractivity contribution >= 4 is 17.0 Å².